The Labute approximate surface area is 170 Å². The van der Waals surface area contributed by atoms with Crippen molar-refractivity contribution >= 4 is 23.1 Å². The predicted molar refractivity (Wildman–Crippen MR) is 118 cm³/mol. The molecule has 28 heavy (non-hydrogen) atoms. The van der Waals surface area contributed by atoms with E-state index in [1.807, 2.05) is 31.0 Å². The minimum Gasteiger partial charge on any atom is -0.397 e. The maximum atomic E-state index is 11.9. The first-order chi connectivity index (χ1) is 13.5. The van der Waals surface area contributed by atoms with Crippen molar-refractivity contribution in [1.29, 1.82) is 0 Å². The Morgan fingerprint density at radius 2 is 1.79 bits per heavy atom. The van der Waals surface area contributed by atoms with Gasteiger partial charge in [-0.25, -0.2) is 0 Å². The monoisotopic (exact) mass is 390 g/mol. The van der Waals surface area contributed by atoms with Crippen LogP contribution in [-0.4, -0.2) is 49.8 Å². The first-order valence-corrected chi connectivity index (χ1v) is 10.6. The molecule has 0 bridgehead atoms. The Morgan fingerprint density at radius 3 is 2.46 bits per heavy atom. The molecule has 0 aromatic heterocycles. The molecule has 0 fully saturated rings. The molecule has 1 aromatic rings. The molecule has 0 aliphatic rings. The molecule has 158 valence electrons. The largest absolute Gasteiger partial charge is 0.397 e. The molecule has 6 nitrogen and oxygen atoms in total. The summed E-state index contributed by atoms with van der Waals surface area (Å²) in [5, 5.41) is 6.49. The fraction of sp³-hybridized carbons (Fsp3) is 0.636. The van der Waals surface area contributed by atoms with Gasteiger partial charge in [-0.2, -0.15) is 0 Å². The Morgan fingerprint density at radius 1 is 1.04 bits per heavy atom. The second kappa shape index (κ2) is 14.0. The molecule has 0 aliphatic carbocycles. The maximum Gasteiger partial charge on any atom is 0.236 e. The maximum absolute atomic E-state index is 11.9. The zero-order valence-corrected chi connectivity index (χ0v) is 17.9. The van der Waals surface area contributed by atoms with E-state index in [2.05, 4.69) is 17.6 Å². The lowest BCUT2D eigenvalue weighted by atomic mass is 10.1. The fourth-order valence-electron chi connectivity index (χ4n) is 2.95. The molecule has 0 unspecified atom stereocenters. The van der Waals surface area contributed by atoms with Crippen LogP contribution in [0.25, 0.3) is 0 Å². The number of Topliss-reactive ketones (excluding diaryl/α,β-unsaturated/α-hetero) is 1. The van der Waals surface area contributed by atoms with Crippen LogP contribution >= 0.6 is 0 Å². The van der Waals surface area contributed by atoms with Crippen LogP contribution in [0.2, 0.25) is 0 Å². The van der Waals surface area contributed by atoms with Crippen LogP contribution in [0.3, 0.4) is 0 Å². The topological polar surface area (TPSA) is 87.5 Å². The van der Waals surface area contributed by atoms with E-state index in [9.17, 15) is 9.59 Å². The van der Waals surface area contributed by atoms with Gasteiger partial charge in [0.25, 0.3) is 0 Å². The molecule has 0 heterocycles. The average molecular weight is 391 g/mol. The molecule has 1 rings (SSSR count). The van der Waals surface area contributed by atoms with Crippen LogP contribution < -0.4 is 16.4 Å². The van der Waals surface area contributed by atoms with Gasteiger partial charge in [-0.1, -0.05) is 26.7 Å². The highest BCUT2D eigenvalue weighted by atomic mass is 16.2. The number of amides is 1. The van der Waals surface area contributed by atoms with Crippen LogP contribution in [0.5, 0.6) is 0 Å². The van der Waals surface area contributed by atoms with E-state index in [1.165, 1.54) is 0 Å². The second-order valence-corrected chi connectivity index (χ2v) is 7.31. The summed E-state index contributed by atoms with van der Waals surface area (Å²) in [7, 11) is 1.87. The van der Waals surface area contributed by atoms with Gasteiger partial charge in [0.05, 0.1) is 17.9 Å². The van der Waals surface area contributed by atoms with Gasteiger partial charge in [-0.15, -0.1) is 0 Å². The van der Waals surface area contributed by atoms with E-state index in [1.54, 1.807) is 6.07 Å². The zero-order chi connectivity index (χ0) is 20.8. The van der Waals surface area contributed by atoms with Crippen molar-refractivity contribution in [2.24, 2.45) is 0 Å². The molecular weight excluding hydrogens is 352 g/mol. The van der Waals surface area contributed by atoms with E-state index in [0.717, 1.165) is 63.8 Å². The third-order valence-electron chi connectivity index (χ3n) is 4.72. The van der Waals surface area contributed by atoms with E-state index in [-0.39, 0.29) is 11.7 Å². The molecule has 6 heteroatoms. The fourth-order valence-corrected chi connectivity index (χ4v) is 2.95. The van der Waals surface area contributed by atoms with Crippen molar-refractivity contribution in [2.45, 2.75) is 58.8 Å². The van der Waals surface area contributed by atoms with Crippen molar-refractivity contribution < 1.29 is 9.59 Å². The number of hydrogen-bond acceptors (Lipinski definition) is 5. The van der Waals surface area contributed by atoms with Gasteiger partial charge in [-0.3, -0.25) is 9.59 Å². The number of carbonyl (C=O) groups is 2. The number of rotatable bonds is 15. The van der Waals surface area contributed by atoms with Gasteiger partial charge in [0.15, 0.2) is 5.78 Å². The molecule has 1 amide bonds. The molecule has 0 aliphatic heterocycles. The summed E-state index contributed by atoms with van der Waals surface area (Å²) < 4.78 is 0. The Kier molecular flexibility index (Phi) is 12.0. The highest BCUT2D eigenvalue weighted by Crippen LogP contribution is 2.21. The summed E-state index contributed by atoms with van der Waals surface area (Å²) in [6.07, 6.45) is 6.72. The van der Waals surface area contributed by atoms with Crippen LogP contribution in [0.4, 0.5) is 11.4 Å². The quantitative estimate of drug-likeness (QED) is 0.242. The van der Waals surface area contributed by atoms with Gasteiger partial charge in [0.2, 0.25) is 5.91 Å². The molecular formula is C22H38N4O2. The summed E-state index contributed by atoms with van der Waals surface area (Å²) in [5.41, 5.74) is 8.26. The molecule has 4 N–H and O–H groups in total. The van der Waals surface area contributed by atoms with Crippen molar-refractivity contribution in [3.8, 4) is 0 Å². The number of nitrogen functional groups attached to an aromatic ring is 1. The molecule has 0 atom stereocenters. The van der Waals surface area contributed by atoms with Crippen molar-refractivity contribution in [1.82, 2.24) is 10.2 Å². The van der Waals surface area contributed by atoms with E-state index in [0.29, 0.717) is 24.2 Å². The van der Waals surface area contributed by atoms with Gasteiger partial charge in [-0.05, 0) is 50.4 Å². The van der Waals surface area contributed by atoms with Crippen molar-refractivity contribution in [3.05, 3.63) is 23.8 Å². The Bertz CT molecular complexity index is 604. The second-order valence-electron chi connectivity index (χ2n) is 7.31. The minimum absolute atomic E-state index is 0.144. The van der Waals surface area contributed by atoms with Gasteiger partial charge >= 0.3 is 0 Å². The molecule has 0 saturated carbocycles. The van der Waals surface area contributed by atoms with Crippen LogP contribution in [0.1, 0.15) is 69.2 Å². The van der Waals surface area contributed by atoms with Crippen LogP contribution in [-0.2, 0) is 4.79 Å². The number of unbranched alkanes of at least 4 members (excludes halogenated alkanes) is 3. The highest BCUT2D eigenvalue weighted by Gasteiger charge is 2.08. The first-order valence-electron chi connectivity index (χ1n) is 10.6. The smallest absolute Gasteiger partial charge is 0.236 e. The average Bonchev–Trinajstić information content (AvgIpc) is 2.68. The molecule has 1 aromatic carbocycles. The lowest BCUT2D eigenvalue weighted by Crippen LogP contribution is -2.36. The van der Waals surface area contributed by atoms with E-state index in [4.69, 9.17) is 5.73 Å². The molecule has 0 spiro atoms. The predicted octanol–water partition coefficient (Wildman–Crippen LogP) is 3.68. The number of nitrogens with zero attached hydrogens (tertiary/aromatic N) is 1. The van der Waals surface area contributed by atoms with Crippen LogP contribution in [0.15, 0.2) is 18.2 Å². The lowest BCUT2D eigenvalue weighted by molar-refractivity contribution is -0.129. The summed E-state index contributed by atoms with van der Waals surface area (Å²) >= 11 is 0. The van der Waals surface area contributed by atoms with Gasteiger partial charge < -0.3 is 21.3 Å². The number of hydrogen-bond donors (Lipinski definition) is 3. The summed E-state index contributed by atoms with van der Waals surface area (Å²) in [4.78, 5) is 25.6. The number of anilines is 2. The summed E-state index contributed by atoms with van der Waals surface area (Å²) in [6, 6.07) is 5.51. The van der Waals surface area contributed by atoms with Gasteiger partial charge in [0, 0.05) is 32.1 Å². The van der Waals surface area contributed by atoms with Crippen molar-refractivity contribution in [2.75, 3.05) is 44.3 Å². The number of nitrogens with one attached hydrogen (secondary N) is 2. The number of carbonyl (C=O) groups excluding carboxylic acids is 2. The SMILES string of the molecule is CCCNCC(=O)N(C)CCCCCCNc1ccc(C(=O)CCC)cc1N. The minimum atomic E-state index is 0.144. The number of ketones is 1. The van der Waals surface area contributed by atoms with Crippen molar-refractivity contribution in [3.63, 3.8) is 0 Å². The molecule has 0 radical (unpaired) electrons. The highest BCUT2D eigenvalue weighted by molar-refractivity contribution is 5.97. The van der Waals surface area contributed by atoms with Gasteiger partial charge in [0.1, 0.15) is 0 Å². The number of benzene rings is 1. The zero-order valence-electron chi connectivity index (χ0n) is 17.9. The molecule has 0 saturated heterocycles. The standard InChI is InChI=1S/C22H38N4O2/c1-4-10-21(27)18-11-12-20(19(23)16-18)25-14-8-6-7-9-15-26(3)22(28)17-24-13-5-2/h11-12,16,24-25H,4-10,13-15,17,23H2,1-3H3. The normalized spacial score (nSPS) is 10.7. The third-order valence-corrected chi connectivity index (χ3v) is 4.72. The number of likely N-dealkylation sites (N-methyl/N-ethyl adjacent to an activating group) is 1. The Hall–Kier alpha value is -2.08. The van der Waals surface area contributed by atoms with Crippen LogP contribution in [0, 0.1) is 0 Å². The third kappa shape index (κ3) is 9.22. The van der Waals surface area contributed by atoms with E-state index >= 15 is 0 Å². The lowest BCUT2D eigenvalue weighted by Gasteiger charge is -2.17. The summed E-state index contributed by atoms with van der Waals surface area (Å²) in [5.74, 6) is 0.303. The number of nitrogens with two attached hydrogens (primary N) is 1. The van der Waals surface area contributed by atoms with E-state index < -0.39 is 0 Å². The Balaban J connectivity index is 2.17. The summed E-state index contributed by atoms with van der Waals surface area (Å²) in [6.45, 7) is 7.06. The first kappa shape index (κ1) is 24.0.